The fraction of sp³-hybridized carbons (Fsp3) is 0.0769. The normalized spacial score (nSPS) is 10.2. The van der Waals surface area contributed by atoms with Gasteiger partial charge in [0.2, 0.25) is 0 Å². The van der Waals surface area contributed by atoms with Crippen molar-refractivity contribution in [1.82, 2.24) is 0 Å². The molecule has 0 radical (unpaired) electrons. The van der Waals surface area contributed by atoms with E-state index in [0.29, 0.717) is 10.8 Å². The highest BCUT2D eigenvalue weighted by Crippen LogP contribution is 2.30. The Morgan fingerprint density at radius 1 is 1.26 bits per heavy atom. The SMILES string of the molecule is O=[N+]([O-])c1ccc(Cl)c(OCc2ccccc2Br)c1. The van der Waals surface area contributed by atoms with Crippen LogP contribution in [0.15, 0.2) is 46.9 Å². The molecule has 0 spiro atoms. The summed E-state index contributed by atoms with van der Waals surface area (Å²) in [5.41, 5.74) is 0.886. The number of non-ortho nitro benzene ring substituents is 1. The molecule has 2 aromatic carbocycles. The smallest absolute Gasteiger partial charge is 0.273 e. The van der Waals surface area contributed by atoms with Crippen molar-refractivity contribution in [3.05, 3.63) is 67.6 Å². The lowest BCUT2D eigenvalue weighted by atomic mass is 10.2. The summed E-state index contributed by atoms with van der Waals surface area (Å²) in [6.45, 7) is 0.280. The van der Waals surface area contributed by atoms with Crippen molar-refractivity contribution in [2.45, 2.75) is 6.61 Å². The van der Waals surface area contributed by atoms with Crippen molar-refractivity contribution in [1.29, 1.82) is 0 Å². The Labute approximate surface area is 123 Å². The molecule has 0 saturated carbocycles. The first-order chi connectivity index (χ1) is 9.08. The summed E-state index contributed by atoms with van der Waals surface area (Å²) in [7, 11) is 0. The molecule has 2 rings (SSSR count). The molecule has 0 N–H and O–H groups in total. The Kier molecular flexibility index (Phi) is 4.39. The van der Waals surface area contributed by atoms with Gasteiger partial charge in [0.05, 0.1) is 16.0 Å². The minimum atomic E-state index is -0.485. The number of hydrogen-bond acceptors (Lipinski definition) is 3. The molecule has 0 aliphatic rings. The number of benzene rings is 2. The third-order valence-corrected chi connectivity index (χ3v) is 3.55. The molecule has 6 heteroatoms. The molecule has 4 nitrogen and oxygen atoms in total. The van der Waals surface area contributed by atoms with Crippen molar-refractivity contribution in [3.8, 4) is 5.75 Å². The predicted octanol–water partition coefficient (Wildman–Crippen LogP) is 4.59. The highest BCUT2D eigenvalue weighted by Gasteiger charge is 2.11. The second kappa shape index (κ2) is 6.04. The van der Waals surface area contributed by atoms with Crippen molar-refractivity contribution in [2.24, 2.45) is 0 Å². The lowest BCUT2D eigenvalue weighted by Gasteiger charge is -2.09. The molecule has 19 heavy (non-hydrogen) atoms. The topological polar surface area (TPSA) is 52.4 Å². The van der Waals surface area contributed by atoms with Crippen LogP contribution in [0, 0.1) is 10.1 Å². The van der Waals surface area contributed by atoms with E-state index in [-0.39, 0.29) is 12.3 Å². The van der Waals surface area contributed by atoms with E-state index < -0.39 is 4.92 Å². The van der Waals surface area contributed by atoms with Crippen LogP contribution < -0.4 is 4.74 Å². The summed E-state index contributed by atoms with van der Waals surface area (Å²) < 4.78 is 6.44. The summed E-state index contributed by atoms with van der Waals surface area (Å²) in [5, 5.41) is 11.0. The van der Waals surface area contributed by atoms with Crippen molar-refractivity contribution >= 4 is 33.2 Å². The number of nitrogens with zero attached hydrogens (tertiary/aromatic N) is 1. The average molecular weight is 343 g/mol. The van der Waals surface area contributed by atoms with E-state index in [4.69, 9.17) is 16.3 Å². The maximum Gasteiger partial charge on any atom is 0.273 e. The average Bonchev–Trinajstić information content (AvgIpc) is 2.39. The van der Waals surface area contributed by atoms with E-state index in [2.05, 4.69) is 15.9 Å². The van der Waals surface area contributed by atoms with Crippen LogP contribution in [0.2, 0.25) is 5.02 Å². The second-order valence-electron chi connectivity index (χ2n) is 3.75. The van der Waals surface area contributed by atoms with Gasteiger partial charge in [-0.2, -0.15) is 0 Å². The third kappa shape index (κ3) is 3.45. The van der Waals surface area contributed by atoms with Crippen molar-refractivity contribution in [2.75, 3.05) is 0 Å². The van der Waals surface area contributed by atoms with E-state index in [1.54, 1.807) is 0 Å². The Bertz CT molecular complexity index is 619. The van der Waals surface area contributed by atoms with Gasteiger partial charge in [0.1, 0.15) is 12.4 Å². The summed E-state index contributed by atoms with van der Waals surface area (Å²) in [6.07, 6.45) is 0. The Morgan fingerprint density at radius 2 is 2.00 bits per heavy atom. The van der Waals surface area contributed by atoms with Crippen LogP contribution >= 0.6 is 27.5 Å². The molecule has 0 atom stereocenters. The lowest BCUT2D eigenvalue weighted by Crippen LogP contribution is -1.98. The Morgan fingerprint density at radius 3 is 2.68 bits per heavy atom. The first-order valence-electron chi connectivity index (χ1n) is 5.38. The van der Waals surface area contributed by atoms with Gasteiger partial charge in [-0.3, -0.25) is 10.1 Å². The van der Waals surface area contributed by atoms with Gasteiger partial charge in [-0.05, 0) is 12.1 Å². The van der Waals surface area contributed by atoms with Crippen molar-refractivity contribution < 1.29 is 9.66 Å². The van der Waals surface area contributed by atoms with Crippen LogP contribution in [0.5, 0.6) is 5.75 Å². The molecular weight excluding hydrogens is 334 g/mol. The van der Waals surface area contributed by atoms with Gasteiger partial charge in [-0.25, -0.2) is 0 Å². The van der Waals surface area contributed by atoms with E-state index >= 15 is 0 Å². The third-order valence-electron chi connectivity index (χ3n) is 2.47. The van der Waals surface area contributed by atoms with Gasteiger partial charge in [0.25, 0.3) is 5.69 Å². The van der Waals surface area contributed by atoms with E-state index in [1.807, 2.05) is 24.3 Å². The molecule has 0 aliphatic carbocycles. The molecule has 0 saturated heterocycles. The molecule has 2 aromatic rings. The highest BCUT2D eigenvalue weighted by molar-refractivity contribution is 9.10. The number of rotatable bonds is 4. The van der Waals surface area contributed by atoms with Crippen LogP contribution in [0.25, 0.3) is 0 Å². The predicted molar refractivity (Wildman–Crippen MR) is 76.6 cm³/mol. The van der Waals surface area contributed by atoms with Gasteiger partial charge in [0.15, 0.2) is 0 Å². The number of ether oxygens (including phenoxy) is 1. The first-order valence-corrected chi connectivity index (χ1v) is 6.55. The summed E-state index contributed by atoms with van der Waals surface area (Å²) in [5.74, 6) is 0.298. The summed E-state index contributed by atoms with van der Waals surface area (Å²) in [4.78, 5) is 10.2. The van der Waals surface area contributed by atoms with Gasteiger partial charge in [0, 0.05) is 16.1 Å². The number of hydrogen-bond donors (Lipinski definition) is 0. The minimum Gasteiger partial charge on any atom is -0.487 e. The van der Waals surface area contributed by atoms with Crippen LogP contribution in [0.3, 0.4) is 0 Å². The monoisotopic (exact) mass is 341 g/mol. The van der Waals surface area contributed by atoms with E-state index in [0.717, 1.165) is 10.0 Å². The molecule has 98 valence electrons. The Hall–Kier alpha value is -1.59. The molecule has 0 bridgehead atoms. The zero-order valence-electron chi connectivity index (χ0n) is 9.68. The maximum atomic E-state index is 10.7. The van der Waals surface area contributed by atoms with Crippen LogP contribution in [0.4, 0.5) is 5.69 Å². The van der Waals surface area contributed by atoms with Crippen molar-refractivity contribution in [3.63, 3.8) is 0 Å². The Balaban J connectivity index is 2.17. The molecular formula is C13H9BrClNO3. The maximum absolute atomic E-state index is 10.7. The standard InChI is InChI=1S/C13H9BrClNO3/c14-11-4-2-1-3-9(11)8-19-13-7-10(16(17)18)5-6-12(13)15/h1-7H,8H2. The molecule has 0 amide bonds. The zero-order valence-corrected chi connectivity index (χ0v) is 12.0. The zero-order chi connectivity index (χ0) is 13.8. The largest absolute Gasteiger partial charge is 0.487 e. The van der Waals surface area contributed by atoms with Gasteiger partial charge in [-0.15, -0.1) is 0 Å². The number of nitro groups is 1. The second-order valence-corrected chi connectivity index (χ2v) is 5.01. The van der Waals surface area contributed by atoms with Gasteiger partial charge >= 0.3 is 0 Å². The van der Waals surface area contributed by atoms with Crippen LogP contribution in [0.1, 0.15) is 5.56 Å². The molecule has 0 fully saturated rings. The first kappa shape index (κ1) is 13.8. The molecule has 0 aromatic heterocycles. The number of nitro benzene ring substituents is 1. The fourth-order valence-corrected chi connectivity index (χ4v) is 2.06. The summed E-state index contributed by atoms with van der Waals surface area (Å²) in [6, 6.07) is 11.7. The minimum absolute atomic E-state index is 0.0495. The molecule has 0 aliphatic heterocycles. The molecule has 0 heterocycles. The fourth-order valence-electron chi connectivity index (χ4n) is 1.49. The number of halogens is 2. The van der Waals surface area contributed by atoms with Gasteiger partial charge < -0.3 is 4.74 Å². The van der Waals surface area contributed by atoms with E-state index in [9.17, 15) is 10.1 Å². The highest BCUT2D eigenvalue weighted by atomic mass is 79.9. The van der Waals surface area contributed by atoms with Gasteiger partial charge in [-0.1, -0.05) is 45.7 Å². The summed E-state index contributed by atoms with van der Waals surface area (Å²) >= 11 is 9.35. The van der Waals surface area contributed by atoms with E-state index in [1.165, 1.54) is 18.2 Å². The van der Waals surface area contributed by atoms with Crippen LogP contribution in [-0.4, -0.2) is 4.92 Å². The van der Waals surface area contributed by atoms with Crippen LogP contribution in [-0.2, 0) is 6.61 Å². The lowest BCUT2D eigenvalue weighted by molar-refractivity contribution is -0.384. The molecule has 0 unspecified atom stereocenters. The quantitative estimate of drug-likeness (QED) is 0.603.